The largest absolute Gasteiger partial charge is 0.481 e. The third-order valence-electron chi connectivity index (χ3n) is 4.05. The third-order valence-corrected chi connectivity index (χ3v) is 4.05. The number of methoxy groups -OCH3 is 1. The second-order valence-electron chi connectivity index (χ2n) is 6.24. The average molecular weight is 286 g/mol. The van der Waals surface area contributed by atoms with E-state index in [-0.39, 0.29) is 5.91 Å². The van der Waals surface area contributed by atoms with Crippen LogP contribution in [0.2, 0.25) is 0 Å². The second kappa shape index (κ2) is 6.54. The minimum atomic E-state index is -0.882. The normalized spacial score (nSPS) is 23.7. The number of ether oxygens (including phenoxy) is 1. The van der Waals surface area contributed by atoms with Crippen molar-refractivity contribution in [1.82, 2.24) is 9.80 Å². The van der Waals surface area contributed by atoms with E-state index in [1.165, 1.54) is 0 Å². The molecule has 6 heteroatoms. The van der Waals surface area contributed by atoms with Crippen molar-refractivity contribution >= 4 is 11.9 Å². The van der Waals surface area contributed by atoms with E-state index in [9.17, 15) is 14.7 Å². The Labute approximate surface area is 120 Å². The maximum absolute atomic E-state index is 12.5. The fourth-order valence-electron chi connectivity index (χ4n) is 2.61. The Morgan fingerprint density at radius 1 is 1.15 bits per heavy atom. The fraction of sp³-hybridized carbons (Fsp3) is 0.857. The zero-order chi connectivity index (χ0) is 15.5. The van der Waals surface area contributed by atoms with E-state index >= 15 is 0 Å². The first-order valence-corrected chi connectivity index (χ1v) is 6.88. The number of carboxylic acid groups (broad SMARTS) is 1. The van der Waals surface area contributed by atoms with Gasteiger partial charge in [0, 0.05) is 26.7 Å². The molecule has 0 heterocycles. The number of likely N-dealkylation sites (N-methyl/N-ethyl adjacent to an activating group) is 1. The van der Waals surface area contributed by atoms with Crippen LogP contribution >= 0.6 is 0 Å². The zero-order valence-electron chi connectivity index (χ0n) is 13.0. The van der Waals surface area contributed by atoms with Crippen LogP contribution in [0.4, 0.5) is 0 Å². The molecule has 2 atom stereocenters. The summed E-state index contributed by atoms with van der Waals surface area (Å²) in [5, 5.41) is 9.18. The van der Waals surface area contributed by atoms with Gasteiger partial charge in [-0.1, -0.05) is 13.8 Å². The van der Waals surface area contributed by atoms with E-state index in [0.29, 0.717) is 19.7 Å². The summed E-state index contributed by atoms with van der Waals surface area (Å²) < 4.78 is 5.03. The number of rotatable bonds is 8. The summed E-state index contributed by atoms with van der Waals surface area (Å²) in [5.41, 5.74) is -0.452. The van der Waals surface area contributed by atoms with Crippen LogP contribution in [0.1, 0.15) is 13.8 Å². The molecule has 1 amide bonds. The Morgan fingerprint density at radius 3 is 2.15 bits per heavy atom. The molecule has 1 rings (SSSR count). The number of carbonyl (C=O) groups excluding carboxylic acids is 1. The molecule has 1 saturated carbocycles. The number of nitrogens with zero attached hydrogens (tertiary/aromatic N) is 2. The lowest BCUT2D eigenvalue weighted by atomic mass is 10.1. The maximum Gasteiger partial charge on any atom is 0.307 e. The highest BCUT2D eigenvalue weighted by Gasteiger charge is 2.66. The Morgan fingerprint density at radius 2 is 1.75 bits per heavy atom. The van der Waals surface area contributed by atoms with Gasteiger partial charge in [0.25, 0.3) is 0 Å². The highest BCUT2D eigenvalue weighted by atomic mass is 16.5. The number of aliphatic carboxylic acids is 1. The molecule has 20 heavy (non-hydrogen) atoms. The summed E-state index contributed by atoms with van der Waals surface area (Å²) in [6.45, 7) is 5.99. The first kappa shape index (κ1) is 16.9. The van der Waals surface area contributed by atoms with Crippen molar-refractivity contribution in [3.8, 4) is 0 Å². The van der Waals surface area contributed by atoms with Gasteiger partial charge in [0.1, 0.15) is 0 Å². The molecule has 1 aliphatic carbocycles. The molecule has 0 unspecified atom stereocenters. The minimum Gasteiger partial charge on any atom is -0.481 e. The lowest BCUT2D eigenvalue weighted by Crippen LogP contribution is -2.40. The molecule has 0 radical (unpaired) electrons. The minimum absolute atomic E-state index is 0.0682. The van der Waals surface area contributed by atoms with Crippen LogP contribution in [0.25, 0.3) is 0 Å². The van der Waals surface area contributed by atoms with Crippen LogP contribution < -0.4 is 0 Å². The van der Waals surface area contributed by atoms with E-state index in [0.717, 1.165) is 6.54 Å². The van der Waals surface area contributed by atoms with Gasteiger partial charge in [0.05, 0.1) is 18.4 Å². The summed E-state index contributed by atoms with van der Waals surface area (Å²) in [6.07, 6.45) is 0. The van der Waals surface area contributed by atoms with E-state index in [1.807, 2.05) is 32.8 Å². The highest BCUT2D eigenvalue weighted by Crippen LogP contribution is 2.58. The van der Waals surface area contributed by atoms with Crippen molar-refractivity contribution in [1.29, 1.82) is 0 Å². The first-order valence-electron chi connectivity index (χ1n) is 6.88. The lowest BCUT2D eigenvalue weighted by Gasteiger charge is -2.24. The summed E-state index contributed by atoms with van der Waals surface area (Å²) in [7, 11) is 5.48. The summed E-state index contributed by atoms with van der Waals surface area (Å²) in [5.74, 6) is -1.94. The van der Waals surface area contributed by atoms with Crippen LogP contribution in [0, 0.1) is 17.3 Å². The van der Waals surface area contributed by atoms with Crippen LogP contribution in [0.5, 0.6) is 0 Å². The van der Waals surface area contributed by atoms with Crippen molar-refractivity contribution in [2.75, 3.05) is 47.4 Å². The van der Waals surface area contributed by atoms with Gasteiger partial charge in [-0.25, -0.2) is 0 Å². The molecular weight excluding hydrogens is 260 g/mol. The van der Waals surface area contributed by atoms with Crippen molar-refractivity contribution in [3.63, 3.8) is 0 Å². The number of amides is 1. The molecule has 1 N–H and O–H groups in total. The molecule has 0 aliphatic heterocycles. The van der Waals surface area contributed by atoms with Gasteiger partial charge < -0.3 is 19.6 Å². The van der Waals surface area contributed by atoms with E-state index in [1.54, 1.807) is 12.0 Å². The quantitative estimate of drug-likeness (QED) is 0.698. The van der Waals surface area contributed by atoms with Gasteiger partial charge in [-0.2, -0.15) is 0 Å². The van der Waals surface area contributed by atoms with Crippen LogP contribution in [-0.4, -0.2) is 74.2 Å². The van der Waals surface area contributed by atoms with Gasteiger partial charge in [0.2, 0.25) is 5.91 Å². The van der Waals surface area contributed by atoms with E-state index < -0.39 is 23.2 Å². The van der Waals surface area contributed by atoms with Crippen LogP contribution in [0.3, 0.4) is 0 Å². The van der Waals surface area contributed by atoms with Crippen LogP contribution in [0.15, 0.2) is 0 Å². The fourth-order valence-corrected chi connectivity index (χ4v) is 2.61. The topological polar surface area (TPSA) is 70.1 Å². The molecule has 0 saturated heterocycles. The third kappa shape index (κ3) is 3.70. The Balaban J connectivity index is 2.70. The lowest BCUT2D eigenvalue weighted by molar-refractivity contribution is -0.142. The first-order chi connectivity index (χ1) is 9.23. The van der Waals surface area contributed by atoms with Gasteiger partial charge >= 0.3 is 5.97 Å². The molecular formula is C14H26N2O4. The van der Waals surface area contributed by atoms with Gasteiger partial charge in [0.15, 0.2) is 0 Å². The SMILES string of the molecule is COCCN(CCN(C)C)C(=O)[C@@H]1[C@H](C(=O)O)C1(C)C. The smallest absolute Gasteiger partial charge is 0.307 e. The molecule has 6 nitrogen and oxygen atoms in total. The summed E-state index contributed by atoms with van der Waals surface area (Å²) >= 11 is 0. The highest BCUT2D eigenvalue weighted by molar-refractivity contribution is 5.91. The molecule has 0 spiro atoms. The molecule has 116 valence electrons. The van der Waals surface area contributed by atoms with Gasteiger partial charge in [-0.3, -0.25) is 9.59 Å². The number of carboxylic acids is 1. The standard InChI is InChI=1S/C14H26N2O4/c1-14(2)10(11(14)13(18)19)12(17)16(8-9-20-5)7-6-15(3)4/h10-11H,6-9H2,1-5H3,(H,18,19)/t10-,11+/m0/s1. The van der Waals surface area contributed by atoms with E-state index in [2.05, 4.69) is 0 Å². The number of hydrogen-bond donors (Lipinski definition) is 1. The summed E-state index contributed by atoms with van der Waals surface area (Å²) in [4.78, 5) is 27.5. The van der Waals surface area contributed by atoms with Crippen molar-refractivity contribution in [2.45, 2.75) is 13.8 Å². The Kier molecular flexibility index (Phi) is 5.53. The van der Waals surface area contributed by atoms with Crippen LogP contribution in [-0.2, 0) is 14.3 Å². The van der Waals surface area contributed by atoms with Crippen molar-refractivity contribution in [3.05, 3.63) is 0 Å². The molecule has 1 aliphatic rings. The molecule has 0 aromatic carbocycles. The molecule has 0 bridgehead atoms. The predicted molar refractivity (Wildman–Crippen MR) is 75.4 cm³/mol. The maximum atomic E-state index is 12.5. The molecule has 1 fully saturated rings. The Hall–Kier alpha value is -1.14. The number of carbonyl (C=O) groups is 2. The van der Waals surface area contributed by atoms with Gasteiger partial charge in [-0.15, -0.1) is 0 Å². The predicted octanol–water partition coefficient (Wildman–Crippen LogP) is 0.380. The Bertz CT molecular complexity index is 368. The summed E-state index contributed by atoms with van der Waals surface area (Å²) in [6, 6.07) is 0. The van der Waals surface area contributed by atoms with Crippen molar-refractivity contribution < 1.29 is 19.4 Å². The average Bonchev–Trinajstić information content (AvgIpc) is 2.91. The second-order valence-corrected chi connectivity index (χ2v) is 6.24. The van der Waals surface area contributed by atoms with E-state index in [4.69, 9.17) is 4.74 Å². The number of hydrogen-bond acceptors (Lipinski definition) is 4. The monoisotopic (exact) mass is 286 g/mol. The van der Waals surface area contributed by atoms with Crippen molar-refractivity contribution in [2.24, 2.45) is 17.3 Å². The van der Waals surface area contributed by atoms with Gasteiger partial charge in [-0.05, 0) is 19.5 Å². The molecule has 0 aromatic heterocycles. The zero-order valence-corrected chi connectivity index (χ0v) is 13.0. The molecule has 0 aromatic rings.